The SMILES string of the molecule is CCCCC1(CCCC)c2cc(-c3ccc(-c4ccc5c(c4)C(CCCC)(CCCC)c4cc(N(c6ccc(C)cc6)c6ccc(C)cc6)ccc4-5)cc3)ccc2-c2ccc(N(c3ccc(C)cc3)c3ccc(C)cc3)cc21. The Bertz CT molecular complexity index is 3180. The summed E-state index contributed by atoms with van der Waals surface area (Å²) in [5.41, 5.74) is 28.9. The highest BCUT2D eigenvalue weighted by Crippen LogP contribution is 2.58. The number of benzene rings is 9. The van der Waals surface area contributed by atoms with Crippen molar-refractivity contribution in [3.8, 4) is 44.5 Å². The van der Waals surface area contributed by atoms with E-state index in [0.29, 0.717) is 0 Å². The standard InChI is InChI=1S/C76H80N2/c1-9-13-45-75(46-14-10-2)71-49-59(29-41-67(71)69-43-39-65(51-73(69)75)77(61-31-17-53(5)18-32-61)62-33-19-54(6)20-34-62)57-25-27-58(28-26-57)60-30-42-68-70-44-40-66(52-74(70)76(47-15-11-3,48-16-12-4)72(68)50-60)78(63-35-21-55(7)22-36-63)64-37-23-56(8)24-38-64/h17-44,49-52H,9-16,45-48H2,1-8H3. The highest BCUT2D eigenvalue weighted by molar-refractivity contribution is 5.90. The van der Waals surface area contributed by atoms with E-state index in [0.717, 1.165) is 25.7 Å². The second-order valence-electron chi connectivity index (χ2n) is 23.1. The van der Waals surface area contributed by atoms with Crippen LogP contribution in [0, 0.1) is 27.7 Å². The third-order valence-electron chi connectivity index (χ3n) is 17.8. The van der Waals surface area contributed by atoms with Crippen LogP contribution in [-0.4, -0.2) is 0 Å². The summed E-state index contributed by atoms with van der Waals surface area (Å²) < 4.78 is 0. The van der Waals surface area contributed by atoms with Gasteiger partial charge in [-0.25, -0.2) is 0 Å². The van der Waals surface area contributed by atoms with Gasteiger partial charge in [0.05, 0.1) is 0 Å². The van der Waals surface area contributed by atoms with Crippen molar-refractivity contribution in [3.05, 3.63) is 239 Å². The molecule has 2 aliphatic carbocycles. The lowest BCUT2D eigenvalue weighted by Crippen LogP contribution is -2.26. The molecule has 394 valence electrons. The molecule has 0 aromatic heterocycles. The number of nitrogens with zero attached hydrogens (tertiary/aromatic N) is 2. The van der Waals surface area contributed by atoms with Crippen molar-refractivity contribution in [1.82, 2.24) is 0 Å². The Labute approximate surface area is 467 Å². The number of fused-ring (bicyclic) bond motifs is 6. The maximum atomic E-state index is 2.59. The lowest BCUT2D eigenvalue weighted by atomic mass is 9.70. The summed E-state index contributed by atoms with van der Waals surface area (Å²) >= 11 is 0. The fraction of sp³-hybridized carbons (Fsp3) is 0.289. The summed E-state index contributed by atoms with van der Waals surface area (Å²) in [6.07, 6.45) is 14.0. The largest absolute Gasteiger partial charge is 0.310 e. The van der Waals surface area contributed by atoms with Crippen LogP contribution in [0.5, 0.6) is 0 Å². The topological polar surface area (TPSA) is 6.48 Å². The molecule has 0 saturated heterocycles. The molecule has 0 fully saturated rings. The average molecular weight is 1020 g/mol. The predicted molar refractivity (Wildman–Crippen MR) is 336 cm³/mol. The van der Waals surface area contributed by atoms with Crippen molar-refractivity contribution >= 4 is 34.1 Å². The molecule has 2 nitrogen and oxygen atoms in total. The zero-order valence-electron chi connectivity index (χ0n) is 47.9. The first-order valence-corrected chi connectivity index (χ1v) is 29.6. The molecule has 0 heterocycles. The first-order chi connectivity index (χ1) is 38.1. The number of hydrogen-bond acceptors (Lipinski definition) is 2. The van der Waals surface area contributed by atoms with E-state index in [2.05, 4.69) is 259 Å². The van der Waals surface area contributed by atoms with Crippen LogP contribution in [0.4, 0.5) is 34.1 Å². The van der Waals surface area contributed by atoms with Crippen LogP contribution in [-0.2, 0) is 10.8 Å². The highest BCUT2D eigenvalue weighted by atomic mass is 15.1. The number of rotatable bonds is 20. The molecular formula is C76H80N2. The van der Waals surface area contributed by atoms with Crippen LogP contribution in [0.2, 0.25) is 0 Å². The summed E-state index contributed by atoms with van der Waals surface area (Å²) in [7, 11) is 0. The zero-order chi connectivity index (χ0) is 54.0. The van der Waals surface area contributed by atoms with Gasteiger partial charge in [-0.1, -0.05) is 211 Å². The summed E-state index contributed by atoms with van der Waals surface area (Å²) in [5.74, 6) is 0. The second-order valence-corrected chi connectivity index (χ2v) is 23.1. The van der Waals surface area contributed by atoms with Gasteiger partial charge in [0.25, 0.3) is 0 Å². The zero-order valence-corrected chi connectivity index (χ0v) is 47.9. The van der Waals surface area contributed by atoms with Crippen molar-refractivity contribution in [3.63, 3.8) is 0 Å². The fourth-order valence-corrected chi connectivity index (χ4v) is 13.4. The van der Waals surface area contributed by atoms with E-state index in [1.54, 1.807) is 0 Å². The van der Waals surface area contributed by atoms with Crippen LogP contribution >= 0.6 is 0 Å². The molecule has 11 rings (SSSR count). The Morgan fingerprint density at radius 1 is 0.256 bits per heavy atom. The van der Waals surface area contributed by atoms with Crippen LogP contribution in [0.25, 0.3) is 44.5 Å². The van der Waals surface area contributed by atoms with Gasteiger partial charge >= 0.3 is 0 Å². The minimum Gasteiger partial charge on any atom is -0.310 e. The normalized spacial score (nSPS) is 13.4. The van der Waals surface area contributed by atoms with E-state index in [9.17, 15) is 0 Å². The summed E-state index contributed by atoms with van der Waals surface area (Å²) in [6.45, 7) is 18.1. The van der Waals surface area contributed by atoms with Crippen LogP contribution in [0.15, 0.2) is 194 Å². The molecule has 0 saturated carbocycles. The quantitative estimate of drug-likeness (QED) is 0.0751. The van der Waals surface area contributed by atoms with Crippen LogP contribution in [0.1, 0.15) is 149 Å². The maximum Gasteiger partial charge on any atom is 0.0465 e. The smallest absolute Gasteiger partial charge is 0.0465 e. The van der Waals surface area contributed by atoms with E-state index in [-0.39, 0.29) is 10.8 Å². The van der Waals surface area contributed by atoms with Crippen LogP contribution < -0.4 is 9.80 Å². The second kappa shape index (κ2) is 22.5. The van der Waals surface area contributed by atoms with Gasteiger partial charge in [0, 0.05) is 45.0 Å². The van der Waals surface area contributed by atoms with Gasteiger partial charge in [0.1, 0.15) is 0 Å². The molecule has 2 aliphatic rings. The molecule has 0 amide bonds. The molecule has 0 atom stereocenters. The van der Waals surface area contributed by atoms with Crippen molar-refractivity contribution in [2.75, 3.05) is 9.80 Å². The molecule has 9 aromatic rings. The highest BCUT2D eigenvalue weighted by Gasteiger charge is 2.44. The molecule has 0 N–H and O–H groups in total. The van der Waals surface area contributed by atoms with E-state index < -0.39 is 0 Å². The maximum absolute atomic E-state index is 2.59. The van der Waals surface area contributed by atoms with Gasteiger partial charge < -0.3 is 9.80 Å². The van der Waals surface area contributed by atoms with Crippen LogP contribution in [0.3, 0.4) is 0 Å². The van der Waals surface area contributed by atoms with E-state index >= 15 is 0 Å². The molecule has 0 spiro atoms. The van der Waals surface area contributed by atoms with E-state index in [1.807, 2.05) is 0 Å². The minimum absolute atomic E-state index is 0.0701. The molecule has 9 aromatic carbocycles. The Morgan fingerprint density at radius 2 is 0.487 bits per heavy atom. The minimum atomic E-state index is -0.0701. The van der Waals surface area contributed by atoms with Crippen molar-refractivity contribution in [1.29, 1.82) is 0 Å². The van der Waals surface area contributed by atoms with Crippen molar-refractivity contribution in [2.45, 2.75) is 143 Å². The third kappa shape index (κ3) is 9.82. The third-order valence-corrected chi connectivity index (χ3v) is 17.8. The van der Waals surface area contributed by atoms with Gasteiger partial charge in [0.15, 0.2) is 0 Å². The Morgan fingerprint density at radius 3 is 0.756 bits per heavy atom. The first kappa shape index (κ1) is 52.6. The molecule has 0 bridgehead atoms. The molecule has 2 heteroatoms. The molecule has 0 radical (unpaired) electrons. The monoisotopic (exact) mass is 1020 g/mol. The van der Waals surface area contributed by atoms with Gasteiger partial charge in [0.2, 0.25) is 0 Å². The number of unbranched alkanes of at least 4 members (excludes halogenated alkanes) is 4. The van der Waals surface area contributed by atoms with Gasteiger partial charge in [-0.2, -0.15) is 0 Å². The van der Waals surface area contributed by atoms with Gasteiger partial charge in [-0.15, -0.1) is 0 Å². The summed E-state index contributed by atoms with van der Waals surface area (Å²) in [5, 5.41) is 0. The van der Waals surface area contributed by atoms with Gasteiger partial charge in [-0.05, 0) is 205 Å². The predicted octanol–water partition coefficient (Wildman–Crippen LogP) is 22.5. The molecule has 78 heavy (non-hydrogen) atoms. The number of aryl methyl sites for hydroxylation is 4. The fourth-order valence-electron chi connectivity index (χ4n) is 13.4. The summed E-state index contributed by atoms with van der Waals surface area (Å²) in [6, 6.07) is 75.2. The molecule has 0 aliphatic heterocycles. The van der Waals surface area contributed by atoms with Crippen molar-refractivity contribution in [2.24, 2.45) is 0 Å². The Kier molecular flexibility index (Phi) is 15.2. The van der Waals surface area contributed by atoms with Crippen molar-refractivity contribution < 1.29 is 0 Å². The van der Waals surface area contributed by atoms with Gasteiger partial charge in [-0.3, -0.25) is 0 Å². The van der Waals surface area contributed by atoms with E-state index in [4.69, 9.17) is 0 Å². The molecule has 0 unspecified atom stereocenters. The van der Waals surface area contributed by atoms with E-state index in [1.165, 1.54) is 175 Å². The Balaban J connectivity index is 0.959. The average Bonchev–Trinajstić information content (AvgIpc) is 4.14. The lowest BCUT2D eigenvalue weighted by Gasteiger charge is -2.34. The summed E-state index contributed by atoms with van der Waals surface area (Å²) in [4.78, 5) is 4.92. The Hall–Kier alpha value is -7.42. The lowest BCUT2D eigenvalue weighted by molar-refractivity contribution is 0.414. The number of hydrogen-bond donors (Lipinski definition) is 0. The molecular weight excluding hydrogens is 941 g/mol. The first-order valence-electron chi connectivity index (χ1n) is 29.6. The number of anilines is 6.